The molecule has 180 valence electrons. The van der Waals surface area contributed by atoms with E-state index in [0.29, 0.717) is 25.2 Å². The van der Waals surface area contributed by atoms with Crippen LogP contribution in [0.3, 0.4) is 0 Å². The number of hydrogen-bond donors (Lipinski definition) is 0. The Morgan fingerprint density at radius 1 is 1.21 bits per heavy atom. The number of carbonyl (C=O) groups excluding carboxylic acids is 2. The molecule has 0 aromatic heterocycles. The van der Waals surface area contributed by atoms with Crippen molar-refractivity contribution in [3.63, 3.8) is 0 Å². The van der Waals surface area contributed by atoms with Crippen molar-refractivity contribution in [1.82, 2.24) is 5.01 Å². The summed E-state index contributed by atoms with van der Waals surface area (Å²) in [7, 11) is 1.76. The Kier molecular flexibility index (Phi) is 8.11. The van der Waals surface area contributed by atoms with Crippen LogP contribution in [0.2, 0.25) is 0 Å². The Morgan fingerprint density at radius 2 is 1.97 bits per heavy atom. The van der Waals surface area contributed by atoms with Gasteiger partial charge in [-0.2, -0.15) is 16.9 Å². The number of fused-ring (bicyclic) bond motifs is 1. The minimum Gasteiger partial charge on any atom is -0.493 e. The first-order valence-electron chi connectivity index (χ1n) is 11.7. The SMILES string of the molecule is CCOC(=O)CC1COc2cc(N(C)C(=O)c3ccc(C=NN4CCSCC4)cc3)ccc2C1. The molecular weight excluding hydrogens is 450 g/mol. The summed E-state index contributed by atoms with van der Waals surface area (Å²) in [5, 5.41) is 6.63. The molecule has 34 heavy (non-hydrogen) atoms. The van der Waals surface area contributed by atoms with Crippen molar-refractivity contribution >= 4 is 35.5 Å². The van der Waals surface area contributed by atoms with E-state index in [1.54, 1.807) is 11.9 Å². The molecule has 7 nitrogen and oxygen atoms in total. The van der Waals surface area contributed by atoms with Gasteiger partial charge < -0.3 is 14.4 Å². The molecule has 2 aliphatic heterocycles. The van der Waals surface area contributed by atoms with E-state index in [9.17, 15) is 9.59 Å². The topological polar surface area (TPSA) is 71.4 Å². The number of benzene rings is 2. The lowest BCUT2D eigenvalue weighted by Gasteiger charge is -2.26. The molecule has 0 aliphatic carbocycles. The highest BCUT2D eigenvalue weighted by Gasteiger charge is 2.24. The maximum Gasteiger partial charge on any atom is 0.306 e. The Bertz CT molecular complexity index is 1030. The molecule has 0 saturated carbocycles. The smallest absolute Gasteiger partial charge is 0.306 e. The molecule has 1 atom stereocenters. The van der Waals surface area contributed by atoms with Crippen LogP contribution >= 0.6 is 11.8 Å². The molecule has 0 N–H and O–H groups in total. The van der Waals surface area contributed by atoms with Crippen LogP contribution in [0.1, 0.15) is 34.8 Å². The first-order valence-corrected chi connectivity index (χ1v) is 12.8. The van der Waals surface area contributed by atoms with Crippen LogP contribution in [0.5, 0.6) is 5.75 Å². The third-order valence-corrected chi connectivity index (χ3v) is 6.94. The standard InChI is InChI=1S/C26H31N3O4S/c1-3-32-25(30)15-20-14-22-8-9-23(16-24(22)33-18-20)28(2)26(31)21-6-4-19(5-7-21)17-27-29-10-12-34-13-11-29/h4-9,16-17,20H,3,10-15,18H2,1-2H3. The van der Waals surface area contributed by atoms with Gasteiger partial charge in [-0.25, -0.2) is 0 Å². The Hall–Kier alpha value is -3.00. The molecule has 8 heteroatoms. The van der Waals surface area contributed by atoms with Crippen LogP contribution in [0, 0.1) is 5.92 Å². The van der Waals surface area contributed by atoms with Crippen molar-refractivity contribution in [2.24, 2.45) is 11.0 Å². The predicted molar refractivity (Wildman–Crippen MR) is 136 cm³/mol. The van der Waals surface area contributed by atoms with Gasteiger partial charge in [0.25, 0.3) is 5.91 Å². The van der Waals surface area contributed by atoms with Gasteiger partial charge in [-0.15, -0.1) is 0 Å². The van der Waals surface area contributed by atoms with Crippen molar-refractivity contribution < 1.29 is 19.1 Å². The summed E-state index contributed by atoms with van der Waals surface area (Å²) in [6.07, 6.45) is 2.96. The van der Waals surface area contributed by atoms with E-state index < -0.39 is 0 Å². The fourth-order valence-corrected chi connectivity index (χ4v) is 4.94. The second-order valence-corrected chi connectivity index (χ2v) is 9.70. The zero-order valence-corrected chi connectivity index (χ0v) is 20.6. The van der Waals surface area contributed by atoms with Crippen LogP contribution in [0.4, 0.5) is 5.69 Å². The summed E-state index contributed by atoms with van der Waals surface area (Å²) in [4.78, 5) is 26.5. The summed E-state index contributed by atoms with van der Waals surface area (Å²) in [6, 6.07) is 13.3. The normalized spacial score (nSPS) is 17.7. The number of amides is 1. The van der Waals surface area contributed by atoms with Crippen LogP contribution in [0.25, 0.3) is 0 Å². The van der Waals surface area contributed by atoms with Crippen LogP contribution in [-0.2, 0) is 16.0 Å². The lowest BCUT2D eigenvalue weighted by molar-refractivity contribution is -0.144. The van der Waals surface area contributed by atoms with Gasteiger partial charge in [-0.3, -0.25) is 14.6 Å². The van der Waals surface area contributed by atoms with E-state index in [1.807, 2.05) is 67.4 Å². The second kappa shape index (κ2) is 11.4. The Balaban J connectivity index is 1.37. The molecule has 0 bridgehead atoms. The first kappa shape index (κ1) is 24.1. The van der Waals surface area contributed by atoms with Crippen molar-refractivity contribution in [2.45, 2.75) is 19.8 Å². The van der Waals surface area contributed by atoms with Crippen LogP contribution < -0.4 is 9.64 Å². The van der Waals surface area contributed by atoms with E-state index in [0.717, 1.165) is 53.6 Å². The summed E-state index contributed by atoms with van der Waals surface area (Å²) < 4.78 is 11.0. The van der Waals surface area contributed by atoms with Gasteiger partial charge in [-0.1, -0.05) is 18.2 Å². The molecule has 1 unspecified atom stereocenters. The average Bonchev–Trinajstić information content (AvgIpc) is 2.87. The molecule has 1 saturated heterocycles. The van der Waals surface area contributed by atoms with Gasteiger partial charge in [0.2, 0.25) is 0 Å². The van der Waals surface area contributed by atoms with Gasteiger partial charge in [0.05, 0.1) is 25.8 Å². The quantitative estimate of drug-likeness (QED) is 0.442. The molecular formula is C26H31N3O4S. The van der Waals surface area contributed by atoms with E-state index in [4.69, 9.17) is 9.47 Å². The number of thioether (sulfide) groups is 1. The van der Waals surface area contributed by atoms with E-state index in [1.165, 1.54) is 0 Å². The third kappa shape index (κ3) is 6.11. The van der Waals surface area contributed by atoms with Gasteiger partial charge in [0, 0.05) is 54.9 Å². The van der Waals surface area contributed by atoms with Crippen molar-refractivity contribution in [2.75, 3.05) is 49.8 Å². The lowest BCUT2D eigenvalue weighted by Crippen LogP contribution is -2.28. The minimum atomic E-state index is -0.190. The van der Waals surface area contributed by atoms with Crippen molar-refractivity contribution in [3.8, 4) is 5.75 Å². The Labute approximate surface area is 205 Å². The predicted octanol–water partition coefficient (Wildman–Crippen LogP) is 3.85. The van der Waals surface area contributed by atoms with Crippen molar-refractivity contribution in [1.29, 1.82) is 0 Å². The highest BCUT2D eigenvalue weighted by Crippen LogP contribution is 2.32. The average molecular weight is 482 g/mol. The van der Waals surface area contributed by atoms with E-state index in [-0.39, 0.29) is 17.8 Å². The number of nitrogens with zero attached hydrogens (tertiary/aromatic N) is 3. The number of carbonyl (C=O) groups is 2. The largest absolute Gasteiger partial charge is 0.493 e. The molecule has 2 aromatic carbocycles. The number of hydrogen-bond acceptors (Lipinski definition) is 7. The molecule has 0 radical (unpaired) electrons. The maximum atomic E-state index is 13.1. The fourth-order valence-electron chi connectivity index (χ4n) is 4.06. The zero-order chi connectivity index (χ0) is 23.9. The lowest BCUT2D eigenvalue weighted by atomic mass is 9.94. The molecule has 0 spiro atoms. The minimum absolute atomic E-state index is 0.0903. The van der Waals surface area contributed by atoms with E-state index >= 15 is 0 Å². The van der Waals surface area contributed by atoms with Gasteiger partial charge in [0.15, 0.2) is 0 Å². The van der Waals surface area contributed by atoms with Crippen molar-refractivity contribution in [3.05, 3.63) is 59.2 Å². The summed E-state index contributed by atoms with van der Waals surface area (Å²) >= 11 is 1.95. The Morgan fingerprint density at radius 3 is 2.71 bits per heavy atom. The molecule has 1 amide bonds. The maximum absolute atomic E-state index is 13.1. The van der Waals surface area contributed by atoms with E-state index in [2.05, 4.69) is 10.1 Å². The highest BCUT2D eigenvalue weighted by atomic mass is 32.2. The molecule has 4 rings (SSSR count). The first-order chi connectivity index (χ1) is 16.5. The van der Waals surface area contributed by atoms with Gasteiger partial charge >= 0.3 is 5.97 Å². The summed E-state index contributed by atoms with van der Waals surface area (Å²) in [5.41, 5.74) is 3.39. The monoisotopic (exact) mass is 481 g/mol. The second-order valence-electron chi connectivity index (χ2n) is 8.48. The summed E-state index contributed by atoms with van der Waals surface area (Å²) in [6.45, 7) is 4.60. The number of rotatable bonds is 7. The highest BCUT2D eigenvalue weighted by molar-refractivity contribution is 7.99. The third-order valence-electron chi connectivity index (χ3n) is 6.00. The summed E-state index contributed by atoms with van der Waals surface area (Å²) in [5.74, 6) is 2.81. The van der Waals surface area contributed by atoms with Crippen LogP contribution in [0.15, 0.2) is 47.6 Å². The number of hydrazone groups is 1. The fraction of sp³-hybridized carbons (Fsp3) is 0.423. The number of anilines is 1. The molecule has 2 aliphatic rings. The molecule has 1 fully saturated rings. The zero-order valence-electron chi connectivity index (χ0n) is 19.7. The van der Waals surface area contributed by atoms with Gasteiger partial charge in [-0.05, 0) is 42.7 Å². The molecule has 2 heterocycles. The number of ether oxygens (including phenoxy) is 2. The van der Waals surface area contributed by atoms with Gasteiger partial charge in [0.1, 0.15) is 5.75 Å². The number of esters is 1. The molecule has 2 aromatic rings. The van der Waals surface area contributed by atoms with Crippen LogP contribution in [-0.4, -0.2) is 68.0 Å².